The molecule has 2 rings (SSSR count). The van der Waals surface area contributed by atoms with Crippen molar-refractivity contribution in [3.8, 4) is 0 Å². The van der Waals surface area contributed by atoms with Crippen LogP contribution in [0, 0.1) is 21.8 Å². The molecule has 0 bridgehead atoms. The van der Waals surface area contributed by atoms with Crippen LogP contribution in [0.1, 0.15) is 13.8 Å². The number of benzene rings is 2. The normalized spacial score (nSPS) is 11.6. The molecule has 0 saturated heterocycles. The molecule has 0 aliphatic heterocycles. The summed E-state index contributed by atoms with van der Waals surface area (Å²) in [6.07, 6.45) is 0. The Labute approximate surface area is 154 Å². The highest BCUT2D eigenvalue weighted by atomic mass is 19.1. The van der Waals surface area contributed by atoms with Crippen molar-refractivity contribution in [3.63, 3.8) is 0 Å². The minimum atomic E-state index is -0.979. The number of nitrogens with one attached hydrogen (secondary N) is 3. The van der Waals surface area contributed by atoms with E-state index in [-0.39, 0.29) is 17.3 Å². The smallest absolute Gasteiger partial charge is 0.319 e. The second-order valence-electron chi connectivity index (χ2n) is 6.10. The quantitative estimate of drug-likeness (QED) is 0.530. The fourth-order valence-electron chi connectivity index (χ4n) is 2.30. The average Bonchev–Trinajstić information content (AvgIpc) is 2.61. The van der Waals surface area contributed by atoms with Crippen molar-refractivity contribution in [2.24, 2.45) is 5.92 Å². The minimum Gasteiger partial charge on any atom is -0.326 e. The summed E-state index contributed by atoms with van der Waals surface area (Å²) in [5.74, 6) is -1.81. The molecule has 0 spiro atoms. The van der Waals surface area contributed by atoms with Crippen molar-refractivity contribution >= 4 is 29.0 Å². The summed E-state index contributed by atoms with van der Waals surface area (Å²) in [4.78, 5) is 34.7. The highest BCUT2D eigenvalue weighted by molar-refractivity contribution is 5.99. The van der Waals surface area contributed by atoms with Gasteiger partial charge in [-0.25, -0.2) is 9.18 Å². The lowest BCUT2D eigenvalue weighted by Crippen LogP contribution is -2.48. The van der Waals surface area contributed by atoms with E-state index >= 15 is 0 Å². The first-order valence-corrected chi connectivity index (χ1v) is 8.15. The molecule has 0 aliphatic carbocycles. The van der Waals surface area contributed by atoms with Crippen LogP contribution in [0.5, 0.6) is 0 Å². The molecule has 3 N–H and O–H groups in total. The zero-order valence-corrected chi connectivity index (χ0v) is 14.7. The first-order chi connectivity index (χ1) is 12.8. The summed E-state index contributed by atoms with van der Waals surface area (Å²) in [6.45, 7) is 3.41. The van der Waals surface area contributed by atoms with Crippen LogP contribution in [0.15, 0.2) is 48.5 Å². The Balaban J connectivity index is 2.10. The maximum atomic E-state index is 13.9. The minimum absolute atomic E-state index is 0.312. The van der Waals surface area contributed by atoms with Gasteiger partial charge >= 0.3 is 6.03 Å². The van der Waals surface area contributed by atoms with Gasteiger partial charge in [-0.2, -0.15) is 0 Å². The van der Waals surface area contributed by atoms with Crippen LogP contribution in [0.2, 0.25) is 0 Å². The number of non-ortho nitro benzene ring substituents is 1. The van der Waals surface area contributed by atoms with Crippen LogP contribution in [0.3, 0.4) is 0 Å². The van der Waals surface area contributed by atoms with E-state index in [1.807, 2.05) is 0 Å². The predicted molar refractivity (Wildman–Crippen MR) is 98.9 cm³/mol. The molecular formula is C18H19FN4O4. The summed E-state index contributed by atoms with van der Waals surface area (Å²) < 4.78 is 13.9. The molecule has 9 heteroatoms. The summed E-state index contributed by atoms with van der Waals surface area (Å²) in [7, 11) is 0. The summed E-state index contributed by atoms with van der Waals surface area (Å²) in [6, 6.07) is 9.88. The third kappa shape index (κ3) is 5.50. The topological polar surface area (TPSA) is 113 Å². The number of nitrogens with zero attached hydrogens (tertiary/aromatic N) is 1. The summed E-state index contributed by atoms with van der Waals surface area (Å²) >= 11 is 0. The second-order valence-corrected chi connectivity index (χ2v) is 6.10. The lowest BCUT2D eigenvalue weighted by atomic mass is 10.0. The Kier molecular flexibility index (Phi) is 6.42. The van der Waals surface area contributed by atoms with Gasteiger partial charge in [0.15, 0.2) is 0 Å². The molecule has 1 unspecified atom stereocenters. The lowest BCUT2D eigenvalue weighted by molar-refractivity contribution is -0.384. The number of hydrogen-bond donors (Lipinski definition) is 3. The molecule has 27 heavy (non-hydrogen) atoms. The van der Waals surface area contributed by atoms with Crippen molar-refractivity contribution < 1.29 is 18.9 Å². The molecule has 2 aromatic rings. The SMILES string of the molecule is CC(C)C(NC(=O)Nc1ccccc1)C(=O)Nc1cc([N+](=O)[O-])ccc1F. The molecule has 1 atom stereocenters. The van der Waals surface area contributed by atoms with E-state index in [1.54, 1.807) is 44.2 Å². The predicted octanol–water partition coefficient (Wildman–Crippen LogP) is 3.52. The molecule has 0 aliphatic rings. The fourth-order valence-corrected chi connectivity index (χ4v) is 2.30. The van der Waals surface area contributed by atoms with Crippen LogP contribution in [-0.4, -0.2) is 22.9 Å². The molecule has 0 fully saturated rings. The van der Waals surface area contributed by atoms with Crippen molar-refractivity contribution in [1.82, 2.24) is 5.32 Å². The standard InChI is InChI=1S/C18H19FN4O4/c1-11(2)16(22-18(25)20-12-6-4-3-5-7-12)17(24)21-15-10-13(23(26)27)8-9-14(15)19/h3-11,16H,1-2H3,(H,21,24)(H2,20,22,25). The Morgan fingerprint density at radius 3 is 2.33 bits per heavy atom. The number of nitro benzene ring substituents is 1. The molecule has 8 nitrogen and oxygen atoms in total. The molecule has 0 heterocycles. The van der Waals surface area contributed by atoms with Gasteiger partial charge in [0.05, 0.1) is 10.6 Å². The van der Waals surface area contributed by atoms with Gasteiger partial charge in [-0.1, -0.05) is 32.0 Å². The van der Waals surface area contributed by atoms with Gasteiger partial charge in [0, 0.05) is 17.8 Å². The highest BCUT2D eigenvalue weighted by Gasteiger charge is 2.25. The van der Waals surface area contributed by atoms with Crippen LogP contribution in [0.25, 0.3) is 0 Å². The number of urea groups is 1. The number of rotatable bonds is 6. The zero-order valence-electron chi connectivity index (χ0n) is 14.7. The molecule has 0 aromatic heterocycles. The molecule has 2 aromatic carbocycles. The van der Waals surface area contributed by atoms with Crippen molar-refractivity contribution in [1.29, 1.82) is 0 Å². The number of halogens is 1. The van der Waals surface area contributed by atoms with E-state index in [0.29, 0.717) is 5.69 Å². The van der Waals surface area contributed by atoms with E-state index < -0.39 is 28.7 Å². The number of para-hydroxylation sites is 1. The van der Waals surface area contributed by atoms with E-state index in [0.717, 1.165) is 18.2 Å². The van der Waals surface area contributed by atoms with Crippen molar-refractivity contribution in [2.45, 2.75) is 19.9 Å². The van der Waals surface area contributed by atoms with Gasteiger partial charge in [-0.05, 0) is 24.1 Å². The van der Waals surface area contributed by atoms with Crippen molar-refractivity contribution in [3.05, 3.63) is 64.5 Å². The fraction of sp³-hybridized carbons (Fsp3) is 0.222. The summed E-state index contributed by atoms with van der Waals surface area (Å²) in [5.41, 5.74) is -0.143. The maximum absolute atomic E-state index is 13.9. The van der Waals surface area contributed by atoms with E-state index in [9.17, 15) is 24.1 Å². The maximum Gasteiger partial charge on any atom is 0.319 e. The Hall–Kier alpha value is -3.49. The molecular weight excluding hydrogens is 355 g/mol. The van der Waals surface area contributed by atoms with Gasteiger partial charge in [-0.15, -0.1) is 0 Å². The van der Waals surface area contributed by atoms with Gasteiger partial charge < -0.3 is 16.0 Å². The number of carbonyl (C=O) groups is 2. The van der Waals surface area contributed by atoms with Crippen LogP contribution < -0.4 is 16.0 Å². The Morgan fingerprint density at radius 2 is 1.74 bits per heavy atom. The first-order valence-electron chi connectivity index (χ1n) is 8.15. The largest absolute Gasteiger partial charge is 0.326 e. The number of hydrogen-bond acceptors (Lipinski definition) is 4. The Morgan fingerprint density at radius 1 is 1.07 bits per heavy atom. The van der Waals surface area contributed by atoms with Gasteiger partial charge in [0.25, 0.3) is 5.69 Å². The second kappa shape index (κ2) is 8.75. The van der Waals surface area contributed by atoms with Crippen LogP contribution in [-0.2, 0) is 4.79 Å². The van der Waals surface area contributed by atoms with Gasteiger partial charge in [-0.3, -0.25) is 14.9 Å². The van der Waals surface area contributed by atoms with Crippen molar-refractivity contribution in [2.75, 3.05) is 10.6 Å². The number of nitro groups is 1. The molecule has 0 radical (unpaired) electrons. The molecule has 3 amide bonds. The van der Waals surface area contributed by atoms with Gasteiger partial charge in [0.1, 0.15) is 11.9 Å². The van der Waals surface area contributed by atoms with E-state index in [2.05, 4.69) is 16.0 Å². The number of amides is 3. The van der Waals surface area contributed by atoms with E-state index in [4.69, 9.17) is 0 Å². The highest BCUT2D eigenvalue weighted by Crippen LogP contribution is 2.22. The Bertz CT molecular complexity index is 843. The monoisotopic (exact) mass is 374 g/mol. The molecule has 142 valence electrons. The third-order valence-electron chi connectivity index (χ3n) is 3.69. The lowest BCUT2D eigenvalue weighted by Gasteiger charge is -2.22. The number of anilines is 2. The first kappa shape index (κ1) is 19.8. The van der Waals surface area contributed by atoms with Crippen LogP contribution >= 0.6 is 0 Å². The third-order valence-corrected chi connectivity index (χ3v) is 3.69. The van der Waals surface area contributed by atoms with Gasteiger partial charge in [0.2, 0.25) is 5.91 Å². The zero-order chi connectivity index (χ0) is 20.0. The molecule has 0 saturated carbocycles. The number of carbonyl (C=O) groups excluding carboxylic acids is 2. The van der Waals surface area contributed by atoms with E-state index in [1.165, 1.54) is 0 Å². The van der Waals surface area contributed by atoms with Crippen LogP contribution in [0.4, 0.5) is 26.2 Å². The average molecular weight is 374 g/mol. The summed E-state index contributed by atoms with van der Waals surface area (Å²) in [5, 5.41) is 18.2.